The molecule has 1 aromatic heterocycles. The summed E-state index contributed by atoms with van der Waals surface area (Å²) in [7, 11) is 4.36. The first kappa shape index (κ1) is 12.0. The van der Waals surface area contributed by atoms with Gasteiger partial charge in [0.25, 0.3) is 0 Å². The Balaban J connectivity index is 1.83. The SMILES string of the molecule is CN(C)C1(CNCc2ccco2)CCSC1. The van der Waals surface area contributed by atoms with Gasteiger partial charge in [0.15, 0.2) is 0 Å². The van der Waals surface area contributed by atoms with Gasteiger partial charge >= 0.3 is 0 Å². The van der Waals surface area contributed by atoms with Gasteiger partial charge in [0.05, 0.1) is 12.8 Å². The normalized spacial score (nSPS) is 25.4. The first-order valence-corrected chi connectivity index (χ1v) is 6.87. The largest absolute Gasteiger partial charge is 0.468 e. The van der Waals surface area contributed by atoms with Crippen molar-refractivity contribution < 1.29 is 4.42 Å². The minimum Gasteiger partial charge on any atom is -0.468 e. The third-order valence-electron chi connectivity index (χ3n) is 3.36. The lowest BCUT2D eigenvalue weighted by Gasteiger charge is -2.35. The highest BCUT2D eigenvalue weighted by atomic mass is 32.2. The summed E-state index contributed by atoms with van der Waals surface area (Å²) in [5.41, 5.74) is 0.331. The number of rotatable bonds is 5. The number of nitrogens with zero attached hydrogens (tertiary/aromatic N) is 1. The monoisotopic (exact) mass is 240 g/mol. The summed E-state index contributed by atoms with van der Waals surface area (Å²) < 4.78 is 5.31. The third-order valence-corrected chi connectivity index (χ3v) is 4.60. The predicted octanol–water partition coefficient (Wildman–Crippen LogP) is 1.81. The van der Waals surface area contributed by atoms with E-state index in [1.54, 1.807) is 6.26 Å². The predicted molar refractivity (Wildman–Crippen MR) is 68.8 cm³/mol. The van der Waals surface area contributed by atoms with E-state index in [0.717, 1.165) is 18.8 Å². The zero-order valence-corrected chi connectivity index (χ0v) is 10.8. The van der Waals surface area contributed by atoms with Gasteiger partial charge in [0.2, 0.25) is 0 Å². The molecule has 1 fully saturated rings. The molecule has 3 nitrogen and oxygen atoms in total. The van der Waals surface area contributed by atoms with Crippen LogP contribution >= 0.6 is 11.8 Å². The lowest BCUT2D eigenvalue weighted by molar-refractivity contribution is 0.174. The Hall–Kier alpha value is -0.450. The van der Waals surface area contributed by atoms with E-state index >= 15 is 0 Å². The van der Waals surface area contributed by atoms with Crippen LogP contribution < -0.4 is 5.32 Å². The highest BCUT2D eigenvalue weighted by Crippen LogP contribution is 2.31. The quantitative estimate of drug-likeness (QED) is 0.849. The molecule has 0 saturated carbocycles. The summed E-state index contributed by atoms with van der Waals surface area (Å²) in [5.74, 6) is 3.52. The molecule has 0 bridgehead atoms. The van der Waals surface area contributed by atoms with Crippen LogP contribution in [-0.2, 0) is 6.54 Å². The molecule has 1 aliphatic rings. The maximum atomic E-state index is 5.31. The minimum absolute atomic E-state index is 0.331. The van der Waals surface area contributed by atoms with Crippen molar-refractivity contribution in [3.63, 3.8) is 0 Å². The van der Waals surface area contributed by atoms with Crippen LogP contribution in [0.3, 0.4) is 0 Å². The summed E-state index contributed by atoms with van der Waals surface area (Å²) in [5, 5.41) is 3.50. The molecule has 0 aromatic carbocycles. The topological polar surface area (TPSA) is 28.4 Å². The van der Waals surface area contributed by atoms with E-state index in [1.807, 2.05) is 12.1 Å². The second kappa shape index (κ2) is 5.25. The number of thioether (sulfide) groups is 1. The molecule has 1 saturated heterocycles. The molecule has 16 heavy (non-hydrogen) atoms. The van der Waals surface area contributed by atoms with Gasteiger partial charge in [-0.2, -0.15) is 11.8 Å². The fourth-order valence-electron chi connectivity index (χ4n) is 2.08. The molecular formula is C12H20N2OS. The molecule has 0 amide bonds. The fourth-order valence-corrected chi connectivity index (χ4v) is 3.63. The Labute approximate surface area is 102 Å². The first-order chi connectivity index (χ1) is 7.73. The van der Waals surface area contributed by atoms with Gasteiger partial charge in [-0.05, 0) is 38.4 Å². The van der Waals surface area contributed by atoms with Gasteiger partial charge in [0, 0.05) is 17.8 Å². The minimum atomic E-state index is 0.331. The van der Waals surface area contributed by atoms with Crippen LogP contribution in [0.4, 0.5) is 0 Å². The molecule has 1 N–H and O–H groups in total. The van der Waals surface area contributed by atoms with Crippen LogP contribution in [0.5, 0.6) is 0 Å². The van der Waals surface area contributed by atoms with E-state index in [4.69, 9.17) is 4.42 Å². The van der Waals surface area contributed by atoms with E-state index in [2.05, 4.69) is 36.1 Å². The molecule has 4 heteroatoms. The standard InChI is InChI=1S/C12H20N2OS/c1-14(2)12(5-7-16-10-12)9-13-8-11-4-3-6-15-11/h3-4,6,13H,5,7-10H2,1-2H3. The molecule has 0 aliphatic carbocycles. The van der Waals surface area contributed by atoms with Crippen molar-refractivity contribution in [2.75, 3.05) is 32.1 Å². The maximum Gasteiger partial charge on any atom is 0.117 e. The molecule has 0 radical (unpaired) electrons. The summed E-state index contributed by atoms with van der Waals surface area (Å²) in [6, 6.07) is 3.95. The Kier molecular flexibility index (Phi) is 3.95. The average molecular weight is 240 g/mol. The highest BCUT2D eigenvalue weighted by molar-refractivity contribution is 7.99. The summed E-state index contributed by atoms with van der Waals surface area (Å²) in [6.07, 6.45) is 3.00. The van der Waals surface area contributed by atoms with Crippen LogP contribution in [0, 0.1) is 0 Å². The van der Waals surface area contributed by atoms with Crippen molar-refractivity contribution in [3.8, 4) is 0 Å². The van der Waals surface area contributed by atoms with Crippen molar-refractivity contribution in [2.45, 2.75) is 18.5 Å². The number of hydrogen-bond donors (Lipinski definition) is 1. The van der Waals surface area contributed by atoms with E-state index in [0.29, 0.717) is 5.54 Å². The maximum absolute atomic E-state index is 5.31. The Morgan fingerprint density at radius 1 is 1.56 bits per heavy atom. The van der Waals surface area contributed by atoms with Crippen LogP contribution in [0.1, 0.15) is 12.2 Å². The van der Waals surface area contributed by atoms with Crippen LogP contribution in [0.15, 0.2) is 22.8 Å². The lowest BCUT2D eigenvalue weighted by Crippen LogP contribution is -2.51. The molecule has 1 unspecified atom stereocenters. The van der Waals surface area contributed by atoms with Crippen molar-refractivity contribution in [1.29, 1.82) is 0 Å². The van der Waals surface area contributed by atoms with E-state index in [9.17, 15) is 0 Å². The zero-order chi connectivity index (χ0) is 11.4. The van der Waals surface area contributed by atoms with Crippen LogP contribution in [-0.4, -0.2) is 42.6 Å². The smallest absolute Gasteiger partial charge is 0.117 e. The molecule has 1 aliphatic heterocycles. The zero-order valence-electron chi connectivity index (χ0n) is 10.0. The molecule has 2 heterocycles. The molecular weight excluding hydrogens is 220 g/mol. The number of likely N-dealkylation sites (N-methyl/N-ethyl adjacent to an activating group) is 1. The van der Waals surface area contributed by atoms with Gasteiger partial charge < -0.3 is 14.6 Å². The van der Waals surface area contributed by atoms with Gasteiger partial charge in [-0.15, -0.1) is 0 Å². The Morgan fingerprint density at radius 2 is 2.44 bits per heavy atom. The number of furan rings is 1. The summed E-state index contributed by atoms with van der Waals surface area (Å²) >= 11 is 2.05. The van der Waals surface area contributed by atoms with Crippen molar-refractivity contribution in [1.82, 2.24) is 10.2 Å². The fraction of sp³-hybridized carbons (Fsp3) is 0.667. The summed E-state index contributed by atoms with van der Waals surface area (Å²) in [4.78, 5) is 2.36. The third kappa shape index (κ3) is 2.62. The second-order valence-corrected chi connectivity index (χ2v) is 5.71. The number of nitrogens with one attached hydrogen (secondary N) is 1. The molecule has 2 rings (SSSR count). The number of hydrogen-bond acceptors (Lipinski definition) is 4. The Morgan fingerprint density at radius 3 is 3.00 bits per heavy atom. The van der Waals surface area contributed by atoms with E-state index in [1.165, 1.54) is 17.9 Å². The molecule has 1 aromatic rings. The van der Waals surface area contributed by atoms with Crippen molar-refractivity contribution in [3.05, 3.63) is 24.2 Å². The van der Waals surface area contributed by atoms with Crippen molar-refractivity contribution in [2.24, 2.45) is 0 Å². The molecule has 1 atom stereocenters. The molecule has 0 spiro atoms. The van der Waals surface area contributed by atoms with Gasteiger partial charge in [-0.25, -0.2) is 0 Å². The van der Waals surface area contributed by atoms with Gasteiger partial charge in [-0.3, -0.25) is 0 Å². The molecule has 90 valence electrons. The lowest BCUT2D eigenvalue weighted by atomic mass is 9.97. The highest BCUT2D eigenvalue weighted by Gasteiger charge is 2.35. The van der Waals surface area contributed by atoms with Crippen molar-refractivity contribution >= 4 is 11.8 Å². The van der Waals surface area contributed by atoms with Crippen LogP contribution in [0.25, 0.3) is 0 Å². The summed E-state index contributed by atoms with van der Waals surface area (Å²) in [6.45, 7) is 1.86. The van der Waals surface area contributed by atoms with Gasteiger partial charge in [0.1, 0.15) is 5.76 Å². The second-order valence-electron chi connectivity index (χ2n) is 4.60. The van der Waals surface area contributed by atoms with E-state index < -0.39 is 0 Å². The van der Waals surface area contributed by atoms with Gasteiger partial charge in [-0.1, -0.05) is 0 Å². The average Bonchev–Trinajstić information content (AvgIpc) is 2.88. The van der Waals surface area contributed by atoms with Crippen LogP contribution in [0.2, 0.25) is 0 Å². The van der Waals surface area contributed by atoms with E-state index in [-0.39, 0.29) is 0 Å². The first-order valence-electron chi connectivity index (χ1n) is 5.71. The Bertz CT molecular complexity index is 305.